The van der Waals surface area contributed by atoms with Gasteiger partial charge in [-0.15, -0.1) is 11.8 Å². The fourth-order valence-corrected chi connectivity index (χ4v) is 2.93. The smallest absolute Gasteiger partial charge is 0.230 e. The first kappa shape index (κ1) is 14.7. The molecule has 3 rings (SSSR count). The van der Waals surface area contributed by atoms with Crippen LogP contribution in [0.25, 0.3) is 11.0 Å². The highest BCUT2D eigenvalue weighted by Gasteiger charge is 2.13. The van der Waals surface area contributed by atoms with Gasteiger partial charge in [0, 0.05) is 4.90 Å². The Bertz CT molecular complexity index is 737. The first-order chi connectivity index (χ1) is 10.7. The predicted molar refractivity (Wildman–Crippen MR) is 89.8 cm³/mol. The van der Waals surface area contributed by atoms with Crippen molar-refractivity contribution in [1.82, 2.24) is 15.3 Å². The Labute approximate surface area is 133 Å². The predicted octanol–water partition coefficient (Wildman–Crippen LogP) is 3.53. The maximum atomic E-state index is 12.0. The van der Waals surface area contributed by atoms with Crippen LogP contribution in [0.5, 0.6) is 0 Å². The summed E-state index contributed by atoms with van der Waals surface area (Å²) < 4.78 is 0. The normalized spacial score (nSPS) is 12.2. The van der Waals surface area contributed by atoms with Crippen LogP contribution in [-0.4, -0.2) is 21.6 Å². The molecule has 4 nitrogen and oxygen atoms in total. The van der Waals surface area contributed by atoms with Crippen molar-refractivity contribution in [3.63, 3.8) is 0 Å². The molecule has 2 N–H and O–H groups in total. The first-order valence-corrected chi connectivity index (χ1v) is 8.13. The maximum Gasteiger partial charge on any atom is 0.230 e. The lowest BCUT2D eigenvalue weighted by atomic mass is 10.3. The molecule has 1 amide bonds. The summed E-state index contributed by atoms with van der Waals surface area (Å²) in [5.74, 6) is 1.18. The lowest BCUT2D eigenvalue weighted by Crippen LogP contribution is -2.28. The maximum absolute atomic E-state index is 12.0. The van der Waals surface area contributed by atoms with E-state index in [0.717, 1.165) is 21.8 Å². The average Bonchev–Trinajstić information content (AvgIpc) is 2.98. The fourth-order valence-electron chi connectivity index (χ4n) is 2.19. The molecule has 3 aromatic rings. The molecule has 0 aliphatic rings. The van der Waals surface area contributed by atoms with Crippen molar-refractivity contribution in [2.24, 2.45) is 0 Å². The fraction of sp³-hybridized carbons (Fsp3) is 0.176. The van der Waals surface area contributed by atoms with Crippen LogP contribution in [0, 0.1) is 0 Å². The lowest BCUT2D eigenvalue weighted by molar-refractivity contribution is -0.119. The van der Waals surface area contributed by atoms with E-state index >= 15 is 0 Å². The van der Waals surface area contributed by atoms with E-state index in [0.29, 0.717) is 5.75 Å². The molecule has 2 aromatic carbocycles. The summed E-state index contributed by atoms with van der Waals surface area (Å²) in [6.45, 7) is 1.93. The van der Waals surface area contributed by atoms with Gasteiger partial charge in [-0.05, 0) is 31.2 Å². The number of aromatic amines is 1. The van der Waals surface area contributed by atoms with Gasteiger partial charge < -0.3 is 10.3 Å². The second-order valence-corrected chi connectivity index (χ2v) is 6.08. The molecule has 0 aliphatic heterocycles. The van der Waals surface area contributed by atoms with Crippen molar-refractivity contribution in [3.8, 4) is 0 Å². The van der Waals surface area contributed by atoms with Gasteiger partial charge >= 0.3 is 0 Å². The third-order valence-corrected chi connectivity index (χ3v) is 4.32. The van der Waals surface area contributed by atoms with Gasteiger partial charge in [-0.3, -0.25) is 4.79 Å². The van der Waals surface area contributed by atoms with E-state index in [1.165, 1.54) is 11.8 Å². The second kappa shape index (κ2) is 6.66. The zero-order valence-electron chi connectivity index (χ0n) is 12.2. The van der Waals surface area contributed by atoms with Gasteiger partial charge in [0.15, 0.2) is 0 Å². The highest BCUT2D eigenvalue weighted by atomic mass is 32.2. The minimum Gasteiger partial charge on any atom is -0.346 e. The Kier molecular flexibility index (Phi) is 4.44. The number of carbonyl (C=O) groups is 1. The van der Waals surface area contributed by atoms with Gasteiger partial charge in [-0.1, -0.05) is 30.3 Å². The highest BCUT2D eigenvalue weighted by Crippen LogP contribution is 2.18. The van der Waals surface area contributed by atoms with Gasteiger partial charge in [-0.2, -0.15) is 0 Å². The number of nitrogens with zero attached hydrogens (tertiary/aromatic N) is 1. The summed E-state index contributed by atoms with van der Waals surface area (Å²) in [5.41, 5.74) is 1.90. The van der Waals surface area contributed by atoms with Crippen LogP contribution in [0.4, 0.5) is 0 Å². The molecule has 0 fully saturated rings. The summed E-state index contributed by atoms with van der Waals surface area (Å²) in [5, 5.41) is 2.97. The van der Waals surface area contributed by atoms with E-state index in [4.69, 9.17) is 0 Å². The third kappa shape index (κ3) is 3.49. The van der Waals surface area contributed by atoms with E-state index in [2.05, 4.69) is 15.3 Å². The number of nitrogens with one attached hydrogen (secondary N) is 2. The summed E-state index contributed by atoms with van der Waals surface area (Å²) in [7, 11) is 0. The van der Waals surface area contributed by atoms with E-state index in [-0.39, 0.29) is 11.9 Å². The minimum absolute atomic E-state index is 0.00168. The summed E-state index contributed by atoms with van der Waals surface area (Å²) >= 11 is 1.53. The lowest BCUT2D eigenvalue weighted by Gasteiger charge is -2.11. The summed E-state index contributed by atoms with van der Waals surface area (Å²) in [6.07, 6.45) is 0. The molecule has 0 spiro atoms. The van der Waals surface area contributed by atoms with Crippen molar-refractivity contribution in [3.05, 3.63) is 60.4 Å². The highest BCUT2D eigenvalue weighted by molar-refractivity contribution is 8.00. The van der Waals surface area contributed by atoms with Gasteiger partial charge in [0.05, 0.1) is 22.8 Å². The van der Waals surface area contributed by atoms with Crippen LogP contribution >= 0.6 is 11.8 Å². The van der Waals surface area contributed by atoms with Crippen LogP contribution in [0.1, 0.15) is 18.8 Å². The Hall–Kier alpha value is -2.27. The van der Waals surface area contributed by atoms with Crippen LogP contribution < -0.4 is 5.32 Å². The van der Waals surface area contributed by atoms with E-state index < -0.39 is 0 Å². The zero-order chi connectivity index (χ0) is 15.4. The molecule has 5 heteroatoms. The zero-order valence-corrected chi connectivity index (χ0v) is 13.1. The minimum atomic E-state index is -0.142. The van der Waals surface area contributed by atoms with Crippen LogP contribution in [0.2, 0.25) is 0 Å². The Morgan fingerprint density at radius 3 is 2.68 bits per heavy atom. The van der Waals surface area contributed by atoms with Crippen LogP contribution in [0.15, 0.2) is 59.5 Å². The number of fused-ring (bicyclic) bond motifs is 1. The molecular formula is C17H17N3OS. The number of carbonyl (C=O) groups excluding carboxylic acids is 1. The molecule has 22 heavy (non-hydrogen) atoms. The molecule has 1 heterocycles. The van der Waals surface area contributed by atoms with Crippen molar-refractivity contribution >= 4 is 28.7 Å². The summed E-state index contributed by atoms with van der Waals surface area (Å²) in [4.78, 5) is 20.9. The first-order valence-electron chi connectivity index (χ1n) is 7.14. The second-order valence-electron chi connectivity index (χ2n) is 5.03. The Balaban J connectivity index is 1.58. The van der Waals surface area contributed by atoms with Crippen molar-refractivity contribution in [2.45, 2.75) is 17.9 Å². The third-order valence-electron chi connectivity index (χ3n) is 3.31. The molecule has 112 valence electrons. The van der Waals surface area contributed by atoms with Crippen molar-refractivity contribution < 1.29 is 4.79 Å². The molecule has 0 unspecified atom stereocenters. The molecule has 0 radical (unpaired) electrons. The van der Waals surface area contributed by atoms with E-state index in [1.807, 2.05) is 61.5 Å². The average molecular weight is 311 g/mol. The molecule has 0 bridgehead atoms. The number of hydrogen-bond acceptors (Lipinski definition) is 3. The summed E-state index contributed by atoms with van der Waals surface area (Å²) in [6, 6.07) is 17.6. The topological polar surface area (TPSA) is 57.8 Å². The number of para-hydroxylation sites is 2. The molecular weight excluding hydrogens is 294 g/mol. The van der Waals surface area contributed by atoms with Gasteiger partial charge in [-0.25, -0.2) is 4.98 Å². The number of thioether (sulfide) groups is 1. The van der Waals surface area contributed by atoms with Gasteiger partial charge in [0.25, 0.3) is 0 Å². The largest absolute Gasteiger partial charge is 0.346 e. The molecule has 0 saturated heterocycles. The van der Waals surface area contributed by atoms with E-state index in [9.17, 15) is 4.79 Å². The Morgan fingerprint density at radius 1 is 1.18 bits per heavy atom. The number of hydrogen-bond donors (Lipinski definition) is 2. The van der Waals surface area contributed by atoms with Crippen LogP contribution in [0.3, 0.4) is 0 Å². The van der Waals surface area contributed by atoms with Crippen molar-refractivity contribution in [1.29, 1.82) is 0 Å². The number of H-pyrrole nitrogens is 1. The Morgan fingerprint density at radius 2 is 1.91 bits per heavy atom. The molecule has 0 saturated carbocycles. The van der Waals surface area contributed by atoms with Crippen molar-refractivity contribution in [2.75, 3.05) is 5.75 Å². The number of imidazole rings is 1. The quantitative estimate of drug-likeness (QED) is 0.709. The van der Waals surface area contributed by atoms with Gasteiger partial charge in [0.2, 0.25) is 5.91 Å². The number of benzene rings is 2. The van der Waals surface area contributed by atoms with Crippen LogP contribution in [-0.2, 0) is 4.79 Å². The van der Waals surface area contributed by atoms with E-state index in [1.54, 1.807) is 0 Å². The van der Waals surface area contributed by atoms with Gasteiger partial charge in [0.1, 0.15) is 5.82 Å². The standard InChI is InChI=1S/C17H17N3OS/c1-12(17-19-14-9-5-6-10-15(14)20-17)18-16(21)11-22-13-7-3-2-4-8-13/h2-10,12H,11H2,1H3,(H,18,21)(H,19,20)/t12-/m0/s1. The molecule has 1 aromatic heterocycles. The molecule has 0 aliphatic carbocycles. The number of amides is 1. The monoisotopic (exact) mass is 311 g/mol. The molecule has 1 atom stereocenters. The SMILES string of the molecule is C[C@H](NC(=O)CSc1ccccc1)c1nc2ccccc2[nH]1. The number of rotatable bonds is 5. The number of aromatic nitrogens is 2.